The van der Waals surface area contributed by atoms with Gasteiger partial charge in [0.05, 0.1) is 12.2 Å². The SMILES string of the molecule is C[C@@H]1C[C@@H](CF)OCO1. The van der Waals surface area contributed by atoms with E-state index in [-0.39, 0.29) is 19.0 Å². The van der Waals surface area contributed by atoms with Crippen molar-refractivity contribution in [1.29, 1.82) is 0 Å². The molecule has 0 bridgehead atoms. The van der Waals surface area contributed by atoms with Crippen LogP contribution in [0.1, 0.15) is 13.3 Å². The van der Waals surface area contributed by atoms with Gasteiger partial charge in [-0.15, -0.1) is 0 Å². The molecule has 0 amide bonds. The van der Waals surface area contributed by atoms with Crippen molar-refractivity contribution < 1.29 is 13.9 Å². The molecule has 1 saturated heterocycles. The van der Waals surface area contributed by atoms with E-state index in [9.17, 15) is 4.39 Å². The molecular formula is C6H11FO2. The monoisotopic (exact) mass is 134 g/mol. The molecule has 1 rings (SSSR count). The Morgan fingerprint density at radius 3 is 2.78 bits per heavy atom. The smallest absolute Gasteiger partial charge is 0.147 e. The zero-order valence-corrected chi connectivity index (χ0v) is 5.47. The molecule has 1 fully saturated rings. The van der Waals surface area contributed by atoms with Crippen LogP contribution in [0.2, 0.25) is 0 Å². The molecule has 3 heteroatoms. The highest BCUT2D eigenvalue weighted by molar-refractivity contribution is 4.63. The van der Waals surface area contributed by atoms with Crippen LogP contribution in [0.5, 0.6) is 0 Å². The van der Waals surface area contributed by atoms with Crippen LogP contribution >= 0.6 is 0 Å². The minimum absolute atomic E-state index is 0.152. The van der Waals surface area contributed by atoms with Crippen LogP contribution in [0.4, 0.5) is 4.39 Å². The van der Waals surface area contributed by atoms with Crippen molar-refractivity contribution in [3.8, 4) is 0 Å². The number of hydrogen-bond donors (Lipinski definition) is 0. The van der Waals surface area contributed by atoms with Gasteiger partial charge in [0, 0.05) is 6.42 Å². The molecular weight excluding hydrogens is 123 g/mol. The molecule has 2 nitrogen and oxygen atoms in total. The lowest BCUT2D eigenvalue weighted by Gasteiger charge is -2.25. The van der Waals surface area contributed by atoms with Gasteiger partial charge in [-0.1, -0.05) is 0 Å². The molecule has 0 aromatic heterocycles. The third-order valence-electron chi connectivity index (χ3n) is 1.42. The first-order valence-electron chi connectivity index (χ1n) is 3.12. The Morgan fingerprint density at radius 2 is 2.33 bits per heavy atom. The Hall–Kier alpha value is -0.150. The number of rotatable bonds is 1. The number of halogens is 1. The average Bonchev–Trinajstić information content (AvgIpc) is 1.88. The van der Waals surface area contributed by atoms with Crippen LogP contribution in [0, 0.1) is 0 Å². The summed E-state index contributed by atoms with van der Waals surface area (Å²) in [5, 5.41) is 0. The molecule has 0 radical (unpaired) electrons. The molecule has 0 spiro atoms. The van der Waals surface area contributed by atoms with Gasteiger partial charge in [-0.2, -0.15) is 0 Å². The minimum atomic E-state index is -0.395. The summed E-state index contributed by atoms with van der Waals surface area (Å²) in [5.74, 6) is 0. The fraction of sp³-hybridized carbons (Fsp3) is 1.00. The summed E-state index contributed by atoms with van der Waals surface area (Å²) in [6, 6.07) is 0. The van der Waals surface area contributed by atoms with Crippen molar-refractivity contribution in [2.45, 2.75) is 25.6 Å². The lowest BCUT2D eigenvalue weighted by Crippen LogP contribution is -2.30. The van der Waals surface area contributed by atoms with E-state index in [1.807, 2.05) is 6.92 Å². The van der Waals surface area contributed by atoms with Gasteiger partial charge in [0.15, 0.2) is 0 Å². The molecule has 0 unspecified atom stereocenters. The highest BCUT2D eigenvalue weighted by Crippen LogP contribution is 2.12. The topological polar surface area (TPSA) is 18.5 Å². The summed E-state index contributed by atoms with van der Waals surface area (Å²) in [6.07, 6.45) is 0.601. The molecule has 0 aromatic rings. The van der Waals surface area contributed by atoms with Gasteiger partial charge in [-0.3, -0.25) is 0 Å². The Morgan fingerprint density at radius 1 is 1.56 bits per heavy atom. The molecule has 54 valence electrons. The van der Waals surface area contributed by atoms with Crippen LogP contribution in [0.3, 0.4) is 0 Å². The highest BCUT2D eigenvalue weighted by Gasteiger charge is 2.18. The lowest BCUT2D eigenvalue weighted by molar-refractivity contribution is -0.173. The molecule has 2 atom stereocenters. The van der Waals surface area contributed by atoms with E-state index in [1.165, 1.54) is 0 Å². The first kappa shape index (κ1) is 6.96. The Labute approximate surface area is 54.0 Å². The lowest BCUT2D eigenvalue weighted by atomic mass is 10.2. The maximum absolute atomic E-state index is 11.9. The number of ether oxygens (including phenoxy) is 2. The standard InChI is InChI=1S/C6H11FO2/c1-5-2-6(3-7)9-4-8-5/h5-6H,2-4H2,1H3/t5-,6+/m1/s1. The van der Waals surface area contributed by atoms with E-state index in [4.69, 9.17) is 9.47 Å². The summed E-state index contributed by atoms with van der Waals surface area (Å²) < 4.78 is 21.8. The van der Waals surface area contributed by atoms with Gasteiger partial charge in [0.1, 0.15) is 13.5 Å². The van der Waals surface area contributed by atoms with E-state index in [0.29, 0.717) is 6.42 Å². The van der Waals surface area contributed by atoms with Crippen molar-refractivity contribution in [3.63, 3.8) is 0 Å². The fourth-order valence-electron chi connectivity index (χ4n) is 0.865. The average molecular weight is 134 g/mol. The molecule has 1 aliphatic rings. The first-order chi connectivity index (χ1) is 4.33. The van der Waals surface area contributed by atoms with E-state index in [1.54, 1.807) is 0 Å². The van der Waals surface area contributed by atoms with Crippen LogP contribution in [0.25, 0.3) is 0 Å². The summed E-state index contributed by atoms with van der Waals surface area (Å²) >= 11 is 0. The second-order valence-corrected chi connectivity index (χ2v) is 2.27. The van der Waals surface area contributed by atoms with Crippen molar-refractivity contribution in [2.24, 2.45) is 0 Å². The molecule has 0 N–H and O–H groups in total. The van der Waals surface area contributed by atoms with Crippen LogP contribution in [-0.2, 0) is 9.47 Å². The van der Waals surface area contributed by atoms with Crippen molar-refractivity contribution in [2.75, 3.05) is 13.5 Å². The van der Waals surface area contributed by atoms with Crippen LogP contribution < -0.4 is 0 Å². The Kier molecular flexibility index (Phi) is 2.42. The largest absolute Gasteiger partial charge is 0.352 e. The predicted octanol–water partition coefficient (Wildman–Crippen LogP) is 1.11. The van der Waals surface area contributed by atoms with Gasteiger partial charge < -0.3 is 9.47 Å². The normalized spacial score (nSPS) is 36.7. The van der Waals surface area contributed by atoms with E-state index in [2.05, 4.69) is 0 Å². The Balaban J connectivity index is 2.23. The van der Waals surface area contributed by atoms with E-state index >= 15 is 0 Å². The molecule has 0 aromatic carbocycles. The highest BCUT2D eigenvalue weighted by atomic mass is 19.1. The summed E-state index contributed by atoms with van der Waals surface area (Å²) in [5.41, 5.74) is 0. The minimum Gasteiger partial charge on any atom is -0.352 e. The van der Waals surface area contributed by atoms with Gasteiger partial charge in [-0.25, -0.2) is 4.39 Å². The summed E-state index contributed by atoms with van der Waals surface area (Å²) in [4.78, 5) is 0. The van der Waals surface area contributed by atoms with Crippen LogP contribution in [-0.4, -0.2) is 25.7 Å². The Bertz CT molecular complexity index is 87.1. The van der Waals surface area contributed by atoms with Crippen molar-refractivity contribution in [1.82, 2.24) is 0 Å². The van der Waals surface area contributed by atoms with Crippen LogP contribution in [0.15, 0.2) is 0 Å². The fourth-order valence-corrected chi connectivity index (χ4v) is 0.865. The zero-order valence-electron chi connectivity index (χ0n) is 5.47. The van der Waals surface area contributed by atoms with Crippen molar-refractivity contribution in [3.05, 3.63) is 0 Å². The molecule has 9 heavy (non-hydrogen) atoms. The predicted molar refractivity (Wildman–Crippen MR) is 30.9 cm³/mol. The second kappa shape index (κ2) is 3.13. The maximum atomic E-state index is 11.9. The summed E-state index contributed by atoms with van der Waals surface area (Å²) in [6.45, 7) is 1.77. The quantitative estimate of drug-likeness (QED) is 0.534. The van der Waals surface area contributed by atoms with E-state index in [0.717, 1.165) is 0 Å². The van der Waals surface area contributed by atoms with Gasteiger partial charge in [0.25, 0.3) is 0 Å². The number of alkyl halides is 1. The second-order valence-electron chi connectivity index (χ2n) is 2.27. The maximum Gasteiger partial charge on any atom is 0.147 e. The zero-order chi connectivity index (χ0) is 6.69. The van der Waals surface area contributed by atoms with Gasteiger partial charge in [0.2, 0.25) is 0 Å². The third-order valence-corrected chi connectivity index (χ3v) is 1.42. The third kappa shape index (κ3) is 1.91. The molecule has 0 saturated carbocycles. The number of hydrogen-bond acceptors (Lipinski definition) is 2. The van der Waals surface area contributed by atoms with Crippen molar-refractivity contribution >= 4 is 0 Å². The van der Waals surface area contributed by atoms with Gasteiger partial charge >= 0.3 is 0 Å². The molecule has 0 aliphatic carbocycles. The summed E-state index contributed by atoms with van der Waals surface area (Å²) in [7, 11) is 0. The molecule has 1 heterocycles. The van der Waals surface area contributed by atoms with Gasteiger partial charge in [-0.05, 0) is 6.92 Å². The molecule has 1 aliphatic heterocycles. The first-order valence-corrected chi connectivity index (χ1v) is 3.12. The van der Waals surface area contributed by atoms with E-state index < -0.39 is 6.67 Å².